The van der Waals surface area contributed by atoms with E-state index < -0.39 is 0 Å². The Bertz CT molecular complexity index is 577. The van der Waals surface area contributed by atoms with Crippen molar-refractivity contribution in [1.82, 2.24) is 15.3 Å². The Kier molecular flexibility index (Phi) is 6.02. The predicted octanol–water partition coefficient (Wildman–Crippen LogP) is 3.24. The van der Waals surface area contributed by atoms with E-state index in [4.69, 9.17) is 4.74 Å². The van der Waals surface area contributed by atoms with Crippen LogP contribution >= 0.6 is 11.8 Å². The molecular formula is C16H21N3OS. The van der Waals surface area contributed by atoms with Gasteiger partial charge in [-0.25, -0.2) is 9.97 Å². The number of hydrogen-bond acceptors (Lipinski definition) is 5. The molecule has 0 aliphatic carbocycles. The Morgan fingerprint density at radius 1 is 1.33 bits per heavy atom. The number of nitrogens with one attached hydrogen (secondary N) is 1. The van der Waals surface area contributed by atoms with Crippen LogP contribution in [0, 0.1) is 6.92 Å². The first-order valence-electron chi connectivity index (χ1n) is 7.02. The van der Waals surface area contributed by atoms with E-state index >= 15 is 0 Å². The number of thioether (sulfide) groups is 1. The van der Waals surface area contributed by atoms with E-state index in [1.165, 1.54) is 5.56 Å². The second-order valence-electron chi connectivity index (χ2n) is 4.68. The minimum Gasteiger partial charge on any atom is -0.497 e. The lowest BCUT2D eigenvalue weighted by molar-refractivity contribution is 0.413. The third kappa shape index (κ3) is 4.72. The number of ether oxygens (including phenoxy) is 1. The number of hydrogen-bond donors (Lipinski definition) is 1. The average molecular weight is 303 g/mol. The summed E-state index contributed by atoms with van der Waals surface area (Å²) in [6, 6.07) is 10.3. The first-order chi connectivity index (χ1) is 10.2. The number of aromatic nitrogens is 2. The molecule has 1 heterocycles. The van der Waals surface area contributed by atoms with Gasteiger partial charge in [0.15, 0.2) is 5.16 Å². The first kappa shape index (κ1) is 15.8. The van der Waals surface area contributed by atoms with Crippen LogP contribution in [-0.2, 0) is 0 Å². The molecule has 2 rings (SSSR count). The summed E-state index contributed by atoms with van der Waals surface area (Å²) in [7, 11) is 1.69. The summed E-state index contributed by atoms with van der Waals surface area (Å²) in [5.74, 6) is 1.76. The molecule has 0 spiro atoms. The Morgan fingerprint density at radius 2 is 2.19 bits per heavy atom. The number of benzene rings is 1. The second kappa shape index (κ2) is 8.00. The van der Waals surface area contributed by atoms with Crippen molar-refractivity contribution in [2.45, 2.75) is 25.0 Å². The van der Waals surface area contributed by atoms with Gasteiger partial charge in [-0.2, -0.15) is 0 Å². The standard InChI is InChI=1S/C16H21N3OS/c1-4-17-15(13-6-5-7-14(10-13)20-3)11-21-16-18-9-8-12(2)19-16/h5-10,15,17H,4,11H2,1-3H3. The van der Waals surface area contributed by atoms with E-state index in [9.17, 15) is 0 Å². The molecule has 0 amide bonds. The van der Waals surface area contributed by atoms with E-state index in [0.29, 0.717) is 0 Å². The number of rotatable bonds is 7. The maximum atomic E-state index is 5.30. The summed E-state index contributed by atoms with van der Waals surface area (Å²) in [4.78, 5) is 8.73. The molecule has 0 aliphatic heterocycles. The summed E-state index contributed by atoms with van der Waals surface area (Å²) >= 11 is 1.67. The fourth-order valence-electron chi connectivity index (χ4n) is 2.03. The molecule has 1 atom stereocenters. The Balaban J connectivity index is 2.07. The Morgan fingerprint density at radius 3 is 2.90 bits per heavy atom. The van der Waals surface area contributed by atoms with Gasteiger partial charge in [0.2, 0.25) is 0 Å². The maximum absolute atomic E-state index is 5.30. The van der Waals surface area contributed by atoms with Gasteiger partial charge in [-0.3, -0.25) is 0 Å². The highest BCUT2D eigenvalue weighted by atomic mass is 32.2. The van der Waals surface area contributed by atoms with Gasteiger partial charge < -0.3 is 10.1 Å². The van der Waals surface area contributed by atoms with Crippen LogP contribution in [0.15, 0.2) is 41.7 Å². The molecule has 1 N–H and O–H groups in total. The molecule has 112 valence electrons. The highest BCUT2D eigenvalue weighted by Gasteiger charge is 2.12. The zero-order valence-corrected chi connectivity index (χ0v) is 13.5. The molecule has 1 aromatic carbocycles. The molecule has 4 nitrogen and oxygen atoms in total. The van der Waals surface area contributed by atoms with Crippen LogP contribution < -0.4 is 10.1 Å². The lowest BCUT2D eigenvalue weighted by Gasteiger charge is -2.18. The van der Waals surface area contributed by atoms with Crippen LogP contribution in [0.4, 0.5) is 0 Å². The lowest BCUT2D eigenvalue weighted by atomic mass is 10.1. The van der Waals surface area contributed by atoms with E-state index in [0.717, 1.165) is 28.9 Å². The normalized spacial score (nSPS) is 12.1. The minimum atomic E-state index is 0.249. The zero-order chi connectivity index (χ0) is 15.1. The van der Waals surface area contributed by atoms with Crippen molar-refractivity contribution in [2.75, 3.05) is 19.4 Å². The van der Waals surface area contributed by atoms with Crippen molar-refractivity contribution in [3.63, 3.8) is 0 Å². The third-order valence-corrected chi connectivity index (χ3v) is 4.05. The van der Waals surface area contributed by atoms with E-state index in [1.54, 1.807) is 25.1 Å². The van der Waals surface area contributed by atoms with Crippen molar-refractivity contribution in [3.05, 3.63) is 47.8 Å². The second-order valence-corrected chi connectivity index (χ2v) is 5.67. The molecule has 0 fully saturated rings. The van der Waals surface area contributed by atoms with Crippen LogP contribution in [0.1, 0.15) is 24.2 Å². The molecular weight excluding hydrogens is 282 g/mol. The van der Waals surface area contributed by atoms with Crippen LogP contribution in [0.3, 0.4) is 0 Å². The van der Waals surface area contributed by atoms with Crippen LogP contribution in [-0.4, -0.2) is 29.4 Å². The fourth-order valence-corrected chi connectivity index (χ4v) is 3.00. The molecule has 0 bridgehead atoms. The third-order valence-electron chi connectivity index (χ3n) is 3.10. The molecule has 0 aliphatic rings. The van der Waals surface area contributed by atoms with Gasteiger partial charge in [0.1, 0.15) is 5.75 Å². The van der Waals surface area contributed by atoms with Gasteiger partial charge in [-0.1, -0.05) is 30.8 Å². The molecule has 0 radical (unpaired) electrons. The average Bonchev–Trinajstić information content (AvgIpc) is 2.51. The first-order valence-corrected chi connectivity index (χ1v) is 8.01. The number of nitrogens with zero attached hydrogens (tertiary/aromatic N) is 2. The molecule has 0 saturated carbocycles. The van der Waals surface area contributed by atoms with Gasteiger partial charge in [-0.15, -0.1) is 0 Å². The molecule has 21 heavy (non-hydrogen) atoms. The SMILES string of the molecule is CCNC(CSc1nccc(C)n1)c1cccc(OC)c1. The lowest BCUT2D eigenvalue weighted by Crippen LogP contribution is -2.23. The molecule has 1 unspecified atom stereocenters. The number of aryl methyl sites for hydroxylation is 1. The highest BCUT2D eigenvalue weighted by molar-refractivity contribution is 7.99. The van der Waals surface area contributed by atoms with E-state index in [2.05, 4.69) is 34.3 Å². The van der Waals surface area contributed by atoms with Crippen LogP contribution in [0.5, 0.6) is 5.75 Å². The van der Waals surface area contributed by atoms with Crippen molar-refractivity contribution < 1.29 is 4.74 Å². The van der Waals surface area contributed by atoms with Crippen molar-refractivity contribution in [3.8, 4) is 5.75 Å². The summed E-state index contributed by atoms with van der Waals surface area (Å²) in [6.45, 7) is 5.01. The van der Waals surface area contributed by atoms with Crippen molar-refractivity contribution in [2.24, 2.45) is 0 Å². The van der Waals surface area contributed by atoms with E-state index in [-0.39, 0.29) is 6.04 Å². The zero-order valence-electron chi connectivity index (χ0n) is 12.7. The Labute approximate surface area is 130 Å². The summed E-state index contributed by atoms with van der Waals surface area (Å²) in [5.41, 5.74) is 2.21. The highest BCUT2D eigenvalue weighted by Crippen LogP contribution is 2.25. The molecule has 2 aromatic rings. The van der Waals surface area contributed by atoms with Gasteiger partial charge >= 0.3 is 0 Å². The van der Waals surface area contributed by atoms with Crippen molar-refractivity contribution >= 4 is 11.8 Å². The molecule has 1 aromatic heterocycles. The Hall–Kier alpha value is -1.59. The molecule has 5 heteroatoms. The quantitative estimate of drug-likeness (QED) is 0.628. The maximum Gasteiger partial charge on any atom is 0.187 e. The van der Waals surface area contributed by atoms with Crippen molar-refractivity contribution in [1.29, 1.82) is 0 Å². The topological polar surface area (TPSA) is 47.0 Å². The van der Waals surface area contributed by atoms with Gasteiger partial charge in [0, 0.05) is 23.7 Å². The summed E-state index contributed by atoms with van der Waals surface area (Å²) in [6.07, 6.45) is 1.80. The molecule has 0 saturated heterocycles. The number of methoxy groups -OCH3 is 1. The van der Waals surface area contributed by atoms with Crippen LogP contribution in [0.2, 0.25) is 0 Å². The van der Waals surface area contributed by atoms with Gasteiger partial charge in [0.25, 0.3) is 0 Å². The minimum absolute atomic E-state index is 0.249. The van der Waals surface area contributed by atoms with E-state index in [1.807, 2.05) is 25.1 Å². The predicted molar refractivity (Wildman–Crippen MR) is 86.9 cm³/mol. The van der Waals surface area contributed by atoms with Gasteiger partial charge in [0.05, 0.1) is 7.11 Å². The largest absolute Gasteiger partial charge is 0.497 e. The summed E-state index contributed by atoms with van der Waals surface area (Å²) < 4.78 is 5.30. The monoisotopic (exact) mass is 303 g/mol. The van der Waals surface area contributed by atoms with Gasteiger partial charge in [-0.05, 0) is 37.2 Å². The smallest absolute Gasteiger partial charge is 0.187 e. The summed E-state index contributed by atoms with van der Waals surface area (Å²) in [5, 5.41) is 4.32. The fraction of sp³-hybridized carbons (Fsp3) is 0.375. The van der Waals surface area contributed by atoms with Crippen LogP contribution in [0.25, 0.3) is 0 Å².